The van der Waals surface area contributed by atoms with Gasteiger partial charge in [0.25, 0.3) is 0 Å². The van der Waals surface area contributed by atoms with Crippen LogP contribution in [0.1, 0.15) is 0 Å². The van der Waals surface area contributed by atoms with Crippen LogP contribution in [0.2, 0.25) is 0 Å². The van der Waals surface area contributed by atoms with Crippen molar-refractivity contribution >= 4 is 33.7 Å². The van der Waals surface area contributed by atoms with E-state index in [4.69, 9.17) is 4.98 Å². The van der Waals surface area contributed by atoms with Crippen LogP contribution >= 0.6 is 0 Å². The highest BCUT2D eigenvalue weighted by Crippen LogP contribution is 2.34. The number of nitrogens with one attached hydrogen (secondary N) is 3. The van der Waals surface area contributed by atoms with Gasteiger partial charge in [0.15, 0.2) is 0 Å². The number of likely N-dealkylation sites (N-methyl/N-ethyl adjacent to an activating group) is 1. The van der Waals surface area contributed by atoms with E-state index in [1.54, 1.807) is 41.7 Å². The molecule has 0 atom stereocenters. The summed E-state index contributed by atoms with van der Waals surface area (Å²) in [5.41, 5.74) is 6.62. The molecule has 0 saturated carbocycles. The zero-order valence-electron chi connectivity index (χ0n) is 20.7. The Kier molecular flexibility index (Phi) is 5.85. The first-order chi connectivity index (χ1) is 18.5. The number of pyridine rings is 3. The Labute approximate surface area is 216 Å². The molecule has 0 saturated heterocycles. The van der Waals surface area contributed by atoms with Crippen molar-refractivity contribution in [3.63, 3.8) is 0 Å². The summed E-state index contributed by atoms with van der Waals surface area (Å²) in [5.74, 6) is -0.426. The number of hydrogen-bond acceptors (Lipinski definition) is 6. The van der Waals surface area contributed by atoms with Gasteiger partial charge in [0, 0.05) is 28.9 Å². The Morgan fingerprint density at radius 3 is 2.76 bits per heavy atom. The van der Waals surface area contributed by atoms with Crippen molar-refractivity contribution in [2.45, 2.75) is 0 Å². The van der Waals surface area contributed by atoms with E-state index in [1.165, 1.54) is 6.07 Å². The van der Waals surface area contributed by atoms with Crippen molar-refractivity contribution in [3.05, 3.63) is 79.0 Å². The van der Waals surface area contributed by atoms with E-state index in [0.717, 1.165) is 22.0 Å². The fourth-order valence-corrected chi connectivity index (χ4v) is 4.45. The number of halogens is 1. The molecule has 0 spiro atoms. The number of rotatable bonds is 6. The summed E-state index contributed by atoms with van der Waals surface area (Å²) < 4.78 is 14.6. The molecule has 10 heteroatoms. The fourth-order valence-electron chi connectivity index (χ4n) is 4.45. The minimum Gasteiger partial charge on any atom is -0.338 e. The molecule has 0 aliphatic rings. The van der Waals surface area contributed by atoms with Crippen LogP contribution in [0.4, 0.5) is 10.1 Å². The first-order valence-electron chi connectivity index (χ1n) is 11.9. The van der Waals surface area contributed by atoms with Crippen LogP contribution in [0.25, 0.3) is 55.8 Å². The number of amides is 1. The highest BCUT2D eigenvalue weighted by molar-refractivity contribution is 5.99. The highest BCUT2D eigenvalue weighted by atomic mass is 19.1. The molecule has 0 aliphatic heterocycles. The molecule has 6 aromatic rings. The lowest BCUT2D eigenvalue weighted by Crippen LogP contribution is -2.27. The summed E-state index contributed by atoms with van der Waals surface area (Å²) in [7, 11) is 3.67. The third kappa shape index (κ3) is 4.37. The van der Waals surface area contributed by atoms with Crippen LogP contribution < -0.4 is 5.32 Å². The predicted octanol–water partition coefficient (Wildman–Crippen LogP) is 4.87. The van der Waals surface area contributed by atoms with Gasteiger partial charge in [-0.2, -0.15) is 5.10 Å². The number of carbonyl (C=O) groups excluding carboxylic acids is 1. The Morgan fingerprint density at radius 2 is 1.92 bits per heavy atom. The van der Waals surface area contributed by atoms with E-state index in [-0.39, 0.29) is 18.3 Å². The van der Waals surface area contributed by atoms with Crippen LogP contribution in [0.15, 0.2) is 73.2 Å². The van der Waals surface area contributed by atoms with Gasteiger partial charge in [0.1, 0.15) is 22.7 Å². The van der Waals surface area contributed by atoms with Crippen molar-refractivity contribution in [1.82, 2.24) is 35.0 Å². The van der Waals surface area contributed by atoms with Crippen LogP contribution in [0.5, 0.6) is 0 Å². The van der Waals surface area contributed by atoms with E-state index < -0.39 is 0 Å². The Hall–Kier alpha value is -4.96. The molecule has 5 aromatic heterocycles. The van der Waals surface area contributed by atoms with Gasteiger partial charge in [0.05, 0.1) is 35.3 Å². The molecular formula is C28H23FN8O. The average Bonchev–Trinajstić information content (AvgIpc) is 3.52. The van der Waals surface area contributed by atoms with Crippen molar-refractivity contribution in [1.29, 1.82) is 0 Å². The number of fused-ring (bicyclic) bond motifs is 2. The maximum absolute atomic E-state index is 14.6. The molecule has 0 unspecified atom stereocenters. The van der Waals surface area contributed by atoms with E-state index >= 15 is 0 Å². The molecule has 9 nitrogen and oxygen atoms in total. The van der Waals surface area contributed by atoms with E-state index in [1.807, 2.05) is 44.4 Å². The van der Waals surface area contributed by atoms with Crippen molar-refractivity contribution in [3.8, 4) is 33.8 Å². The Balaban J connectivity index is 1.39. The molecule has 1 aromatic carbocycles. The second-order valence-electron chi connectivity index (χ2n) is 9.20. The fraction of sp³-hybridized carbons (Fsp3) is 0.107. The summed E-state index contributed by atoms with van der Waals surface area (Å²) in [4.78, 5) is 30.9. The van der Waals surface area contributed by atoms with Gasteiger partial charge in [-0.05, 0) is 56.1 Å². The lowest BCUT2D eigenvalue weighted by molar-refractivity contribution is -0.116. The minimum atomic E-state index is -0.298. The average molecular weight is 507 g/mol. The Morgan fingerprint density at radius 1 is 1.05 bits per heavy atom. The van der Waals surface area contributed by atoms with E-state index in [2.05, 4.69) is 30.5 Å². The topological polar surface area (TPSA) is 115 Å². The van der Waals surface area contributed by atoms with Gasteiger partial charge in [-0.3, -0.25) is 14.9 Å². The first-order valence-corrected chi connectivity index (χ1v) is 11.9. The monoisotopic (exact) mass is 506 g/mol. The van der Waals surface area contributed by atoms with Crippen LogP contribution in [0.3, 0.4) is 0 Å². The normalized spacial score (nSPS) is 11.5. The molecule has 0 aliphatic carbocycles. The molecular weight excluding hydrogens is 483 g/mol. The van der Waals surface area contributed by atoms with E-state index in [9.17, 15) is 9.18 Å². The van der Waals surface area contributed by atoms with Crippen LogP contribution in [-0.2, 0) is 4.79 Å². The SMILES string of the molecule is CN(C)CC(=O)Nc1cncc(-c2ccc3[nH]nc(-c4cc5c(-c6ccccc6F)ccnc5[nH]4)c3n2)c1. The molecule has 0 fully saturated rings. The van der Waals surface area contributed by atoms with Gasteiger partial charge < -0.3 is 15.2 Å². The third-order valence-corrected chi connectivity index (χ3v) is 6.14. The number of nitrogens with zero attached hydrogens (tertiary/aromatic N) is 5. The molecule has 0 bridgehead atoms. The second-order valence-corrected chi connectivity index (χ2v) is 9.20. The summed E-state index contributed by atoms with van der Waals surface area (Å²) >= 11 is 0. The smallest absolute Gasteiger partial charge is 0.238 e. The van der Waals surface area contributed by atoms with E-state index in [0.29, 0.717) is 39.5 Å². The highest BCUT2D eigenvalue weighted by Gasteiger charge is 2.17. The summed E-state index contributed by atoms with van der Waals surface area (Å²) in [6.07, 6.45) is 4.95. The predicted molar refractivity (Wildman–Crippen MR) is 145 cm³/mol. The van der Waals surface area contributed by atoms with Crippen LogP contribution in [-0.4, -0.2) is 61.6 Å². The zero-order chi connectivity index (χ0) is 26.2. The molecule has 3 N–H and O–H groups in total. The van der Waals surface area contributed by atoms with Gasteiger partial charge >= 0.3 is 0 Å². The first kappa shape index (κ1) is 23.4. The standard InChI is InChI=1S/C28H23FN8O/c1-37(2)15-25(38)32-17-11-16(13-30-14-17)22-7-8-23-26(33-22)27(36-35-23)24-12-20-18(9-10-31-28(20)34-24)19-5-3-4-6-21(19)29/h3-14H,15H2,1-2H3,(H,31,34)(H,32,38)(H,35,36). The van der Waals surface area contributed by atoms with Crippen LogP contribution in [0, 0.1) is 5.82 Å². The lowest BCUT2D eigenvalue weighted by atomic mass is 10.0. The summed E-state index contributed by atoms with van der Waals surface area (Å²) in [6.45, 7) is 0.269. The van der Waals surface area contributed by atoms with Gasteiger partial charge in [-0.25, -0.2) is 14.4 Å². The maximum atomic E-state index is 14.6. The molecule has 38 heavy (non-hydrogen) atoms. The maximum Gasteiger partial charge on any atom is 0.238 e. The zero-order valence-corrected chi connectivity index (χ0v) is 20.7. The molecule has 0 radical (unpaired) electrons. The van der Waals surface area contributed by atoms with Gasteiger partial charge in [0.2, 0.25) is 5.91 Å². The number of aromatic nitrogens is 6. The van der Waals surface area contributed by atoms with Crippen molar-refractivity contribution in [2.24, 2.45) is 0 Å². The summed E-state index contributed by atoms with van der Waals surface area (Å²) in [6, 6.07) is 16.0. The van der Waals surface area contributed by atoms with Crippen molar-refractivity contribution in [2.75, 3.05) is 26.0 Å². The molecule has 188 valence electrons. The number of anilines is 1. The van der Waals surface area contributed by atoms with Crippen molar-refractivity contribution < 1.29 is 9.18 Å². The quantitative estimate of drug-likeness (QED) is 0.297. The summed E-state index contributed by atoms with van der Waals surface area (Å²) in [5, 5.41) is 11.2. The Bertz CT molecular complexity index is 1810. The number of aromatic amines is 2. The number of hydrogen-bond donors (Lipinski definition) is 3. The lowest BCUT2D eigenvalue weighted by Gasteiger charge is -2.10. The number of benzene rings is 1. The van der Waals surface area contributed by atoms with Gasteiger partial charge in [-0.15, -0.1) is 0 Å². The number of carbonyl (C=O) groups is 1. The molecule has 5 heterocycles. The van der Waals surface area contributed by atoms with Gasteiger partial charge in [-0.1, -0.05) is 18.2 Å². The largest absolute Gasteiger partial charge is 0.338 e. The minimum absolute atomic E-state index is 0.128. The third-order valence-electron chi connectivity index (χ3n) is 6.14. The second kappa shape index (κ2) is 9.49. The molecule has 1 amide bonds. The number of H-pyrrole nitrogens is 2. The molecule has 6 rings (SSSR count).